The minimum absolute atomic E-state index is 0.287. The number of rotatable bonds is 6. The van der Waals surface area contributed by atoms with Crippen LogP contribution in [0.5, 0.6) is 0 Å². The van der Waals surface area contributed by atoms with Crippen LogP contribution in [0, 0.1) is 0 Å². The van der Waals surface area contributed by atoms with Crippen LogP contribution in [0.4, 0.5) is 17.6 Å². The molecule has 0 unspecified atom stereocenters. The first kappa shape index (κ1) is 14.6. The van der Waals surface area contributed by atoms with Crippen molar-refractivity contribution in [2.24, 2.45) is 0 Å². The summed E-state index contributed by atoms with van der Waals surface area (Å²) in [6.07, 6.45) is -3.80. The minimum Gasteiger partial charge on any atom is -0.367 e. The molecule has 8 heteroatoms. The van der Waals surface area contributed by atoms with Crippen LogP contribution in [-0.2, 0) is 4.74 Å². The van der Waals surface area contributed by atoms with Crippen LogP contribution in [0.1, 0.15) is 10.4 Å². The molecule has 1 heterocycles. The van der Waals surface area contributed by atoms with Crippen molar-refractivity contribution in [1.82, 2.24) is 0 Å². The van der Waals surface area contributed by atoms with Crippen LogP contribution in [0.3, 0.4) is 0 Å². The van der Waals surface area contributed by atoms with Gasteiger partial charge in [-0.05, 0) is 15.9 Å². The number of ether oxygens (including phenoxy) is 1. The number of carbonyl (C=O) groups excluding carboxylic acids is 1. The van der Waals surface area contributed by atoms with E-state index in [2.05, 4.69) is 20.7 Å². The molecule has 0 amide bonds. The number of Topliss-reactive ketones (excluding diaryl/α,β-unsaturated/α-hetero) is 1. The highest BCUT2D eigenvalue weighted by Gasteiger charge is 2.41. The summed E-state index contributed by atoms with van der Waals surface area (Å²) in [6.45, 7) is -2.13. The predicted molar refractivity (Wildman–Crippen MR) is 58.1 cm³/mol. The molecule has 1 aromatic rings. The van der Waals surface area contributed by atoms with Gasteiger partial charge in [0.1, 0.15) is 13.2 Å². The van der Waals surface area contributed by atoms with Gasteiger partial charge >= 0.3 is 12.3 Å². The maximum Gasteiger partial charge on any atom is 0.330 e. The van der Waals surface area contributed by atoms with E-state index in [1.54, 1.807) is 5.38 Å². The molecule has 1 aromatic heterocycles. The fourth-order valence-corrected chi connectivity index (χ4v) is 2.42. The minimum atomic E-state index is -4.23. The number of carbonyl (C=O) groups is 1. The second-order valence-electron chi connectivity index (χ2n) is 3.11. The van der Waals surface area contributed by atoms with E-state index in [0.29, 0.717) is 4.47 Å². The van der Waals surface area contributed by atoms with Gasteiger partial charge in [-0.3, -0.25) is 4.79 Å². The van der Waals surface area contributed by atoms with Gasteiger partial charge in [0.2, 0.25) is 0 Å². The molecule has 0 atom stereocenters. The van der Waals surface area contributed by atoms with E-state index < -0.39 is 31.3 Å². The lowest BCUT2D eigenvalue weighted by atomic mass is 10.2. The normalized spacial score (nSPS) is 12.1. The Bertz CT molecular complexity index is 394. The van der Waals surface area contributed by atoms with Crippen LogP contribution in [0.25, 0.3) is 0 Å². The second kappa shape index (κ2) is 5.92. The Hall–Kier alpha value is -0.470. The van der Waals surface area contributed by atoms with E-state index in [0.717, 1.165) is 0 Å². The Morgan fingerprint density at radius 2 is 2.12 bits per heavy atom. The molecule has 0 radical (unpaired) electrons. The van der Waals surface area contributed by atoms with Gasteiger partial charge < -0.3 is 4.74 Å². The van der Waals surface area contributed by atoms with Gasteiger partial charge in [0, 0.05) is 20.8 Å². The Morgan fingerprint density at radius 3 is 2.59 bits per heavy atom. The molecule has 17 heavy (non-hydrogen) atoms. The third-order valence-electron chi connectivity index (χ3n) is 1.76. The fourth-order valence-electron chi connectivity index (χ4n) is 0.901. The van der Waals surface area contributed by atoms with Crippen LogP contribution in [0.2, 0.25) is 0 Å². The average Bonchev–Trinajstić information content (AvgIpc) is 2.63. The summed E-state index contributed by atoms with van der Waals surface area (Å²) in [4.78, 5) is 11.4. The number of ketones is 1. The summed E-state index contributed by atoms with van der Waals surface area (Å²) in [6, 6.07) is 0. The second-order valence-corrected chi connectivity index (χ2v) is 4.71. The molecule has 0 N–H and O–H groups in total. The number of alkyl halides is 4. The lowest BCUT2D eigenvalue weighted by Gasteiger charge is -2.14. The highest BCUT2D eigenvalue weighted by molar-refractivity contribution is 9.10. The summed E-state index contributed by atoms with van der Waals surface area (Å²) in [5, 5.41) is 3.15. The average molecular weight is 335 g/mol. The first-order valence-electron chi connectivity index (χ1n) is 4.33. The molecular formula is C9H7BrF4O2S. The van der Waals surface area contributed by atoms with Gasteiger partial charge in [-0.1, -0.05) is 0 Å². The van der Waals surface area contributed by atoms with E-state index in [9.17, 15) is 22.4 Å². The van der Waals surface area contributed by atoms with Crippen LogP contribution in [0.15, 0.2) is 15.2 Å². The van der Waals surface area contributed by atoms with Crippen molar-refractivity contribution >= 4 is 33.0 Å². The van der Waals surface area contributed by atoms with Gasteiger partial charge in [0.15, 0.2) is 5.78 Å². The Balaban J connectivity index is 2.43. The number of hydrogen-bond donors (Lipinski definition) is 0. The maximum absolute atomic E-state index is 12.4. The molecule has 0 aromatic carbocycles. The van der Waals surface area contributed by atoms with E-state index in [1.165, 1.54) is 16.7 Å². The zero-order valence-electron chi connectivity index (χ0n) is 8.26. The van der Waals surface area contributed by atoms with Crippen molar-refractivity contribution in [3.63, 3.8) is 0 Å². The van der Waals surface area contributed by atoms with Crippen molar-refractivity contribution in [3.8, 4) is 0 Å². The Kier molecular flexibility index (Phi) is 5.08. The number of halogens is 5. The van der Waals surface area contributed by atoms with Gasteiger partial charge in [-0.25, -0.2) is 8.78 Å². The van der Waals surface area contributed by atoms with Crippen molar-refractivity contribution in [2.45, 2.75) is 12.3 Å². The van der Waals surface area contributed by atoms with E-state index >= 15 is 0 Å². The molecule has 0 aliphatic carbocycles. The summed E-state index contributed by atoms with van der Waals surface area (Å²) in [5.74, 6) is -4.77. The molecule has 0 saturated heterocycles. The van der Waals surface area contributed by atoms with Gasteiger partial charge in [0.05, 0.1) is 0 Å². The molecule has 96 valence electrons. The summed E-state index contributed by atoms with van der Waals surface area (Å²) in [7, 11) is 0. The smallest absolute Gasteiger partial charge is 0.330 e. The molecule has 0 aliphatic rings. The highest BCUT2D eigenvalue weighted by atomic mass is 79.9. The predicted octanol–water partition coefficient (Wildman–Crippen LogP) is 3.61. The first-order chi connectivity index (χ1) is 7.84. The zero-order valence-corrected chi connectivity index (χ0v) is 10.7. The third kappa shape index (κ3) is 4.04. The number of thiophene rings is 1. The number of hydrogen-bond acceptors (Lipinski definition) is 3. The van der Waals surface area contributed by atoms with Gasteiger partial charge in [0.25, 0.3) is 0 Å². The molecule has 0 aliphatic heterocycles. The molecule has 0 bridgehead atoms. The van der Waals surface area contributed by atoms with Crippen LogP contribution >= 0.6 is 27.3 Å². The standard InChI is InChI=1S/C9H7BrF4O2S/c10-6-3-17-2-5(6)7(15)1-16-4-9(13,14)8(11)12/h2-3,8H,1,4H2. The highest BCUT2D eigenvalue weighted by Crippen LogP contribution is 2.24. The summed E-state index contributed by atoms with van der Waals surface area (Å²) < 4.78 is 53.2. The Morgan fingerprint density at radius 1 is 1.47 bits per heavy atom. The van der Waals surface area contributed by atoms with Crippen LogP contribution in [-0.4, -0.2) is 31.3 Å². The quantitative estimate of drug-likeness (QED) is 0.586. The zero-order chi connectivity index (χ0) is 13.1. The van der Waals surface area contributed by atoms with Gasteiger partial charge in [-0.2, -0.15) is 20.1 Å². The van der Waals surface area contributed by atoms with E-state index in [-0.39, 0.29) is 5.56 Å². The summed E-state index contributed by atoms with van der Waals surface area (Å²) >= 11 is 4.33. The summed E-state index contributed by atoms with van der Waals surface area (Å²) in [5.41, 5.74) is 0.287. The first-order valence-corrected chi connectivity index (χ1v) is 6.07. The lowest BCUT2D eigenvalue weighted by Crippen LogP contribution is -2.33. The molecule has 2 nitrogen and oxygen atoms in total. The monoisotopic (exact) mass is 334 g/mol. The largest absolute Gasteiger partial charge is 0.367 e. The van der Waals surface area contributed by atoms with Crippen molar-refractivity contribution in [2.75, 3.05) is 13.2 Å². The molecule has 1 rings (SSSR count). The van der Waals surface area contributed by atoms with E-state index in [4.69, 9.17) is 0 Å². The SMILES string of the molecule is O=C(COCC(F)(F)C(F)F)c1cscc1Br. The van der Waals surface area contributed by atoms with Crippen LogP contribution < -0.4 is 0 Å². The maximum atomic E-state index is 12.4. The molecule has 0 fully saturated rings. The third-order valence-corrected chi connectivity index (χ3v) is 3.46. The van der Waals surface area contributed by atoms with Crippen molar-refractivity contribution in [3.05, 3.63) is 20.8 Å². The molecule has 0 saturated carbocycles. The van der Waals surface area contributed by atoms with Crippen molar-refractivity contribution in [1.29, 1.82) is 0 Å². The topological polar surface area (TPSA) is 26.3 Å². The molecular weight excluding hydrogens is 328 g/mol. The Labute approximate surface area is 107 Å². The van der Waals surface area contributed by atoms with E-state index in [1.807, 2.05) is 0 Å². The fraction of sp³-hybridized carbons (Fsp3) is 0.444. The van der Waals surface area contributed by atoms with Gasteiger partial charge in [-0.15, -0.1) is 0 Å². The molecule has 0 spiro atoms. The van der Waals surface area contributed by atoms with Crippen molar-refractivity contribution < 1.29 is 27.1 Å². The lowest BCUT2D eigenvalue weighted by molar-refractivity contribution is -0.163.